The van der Waals surface area contributed by atoms with Gasteiger partial charge in [0.15, 0.2) is 0 Å². The molecule has 1 aromatic heterocycles. The van der Waals surface area contributed by atoms with Crippen molar-refractivity contribution < 1.29 is 8.78 Å². The Balaban J connectivity index is 1.68. The molecule has 29 heavy (non-hydrogen) atoms. The molecule has 2 aliphatic rings. The van der Waals surface area contributed by atoms with Crippen LogP contribution in [0, 0.1) is 12.7 Å². The average molecular weight is 399 g/mol. The lowest BCUT2D eigenvalue weighted by atomic mass is 10.1. The minimum Gasteiger partial charge on any atom is -0.299 e. The van der Waals surface area contributed by atoms with Gasteiger partial charge in [-0.15, -0.1) is 0 Å². The fourth-order valence-corrected chi connectivity index (χ4v) is 4.40. The van der Waals surface area contributed by atoms with E-state index in [1.54, 1.807) is 19.2 Å². The van der Waals surface area contributed by atoms with Crippen molar-refractivity contribution in [2.24, 2.45) is 0 Å². The molecular weight excluding hydrogens is 370 g/mol. The van der Waals surface area contributed by atoms with Gasteiger partial charge in [0.2, 0.25) is 0 Å². The molecule has 1 fully saturated rings. The number of halogens is 2. The van der Waals surface area contributed by atoms with Crippen molar-refractivity contribution in [1.82, 2.24) is 20.3 Å². The molecule has 1 saturated carbocycles. The monoisotopic (exact) mass is 398 g/mol. The second-order valence-corrected chi connectivity index (χ2v) is 8.12. The first-order valence-electron chi connectivity index (χ1n) is 10.2. The molecule has 0 saturated heterocycles. The number of nitrogens with one attached hydrogen (secondary N) is 1. The topological polar surface area (TPSA) is 31.4 Å². The van der Waals surface area contributed by atoms with Crippen LogP contribution in [0.3, 0.4) is 0 Å². The van der Waals surface area contributed by atoms with Gasteiger partial charge in [0.05, 0.1) is 17.9 Å². The van der Waals surface area contributed by atoms with E-state index in [1.807, 2.05) is 25.2 Å². The predicted octanol–water partition coefficient (Wildman–Crippen LogP) is 4.43. The highest BCUT2D eigenvalue weighted by Crippen LogP contribution is 2.36. The Morgan fingerprint density at radius 1 is 1.17 bits per heavy atom. The van der Waals surface area contributed by atoms with Crippen molar-refractivity contribution in [3.8, 4) is 0 Å². The Hall–Kier alpha value is -2.31. The predicted molar refractivity (Wildman–Crippen MR) is 111 cm³/mol. The zero-order valence-electron chi connectivity index (χ0n) is 17.2. The Labute approximate surface area is 171 Å². The van der Waals surface area contributed by atoms with Crippen LogP contribution >= 0.6 is 0 Å². The van der Waals surface area contributed by atoms with Gasteiger partial charge in [-0.2, -0.15) is 0 Å². The quantitative estimate of drug-likeness (QED) is 0.807. The largest absolute Gasteiger partial charge is 0.299 e. The molecule has 0 radical (unpaired) electrons. The number of nitrogens with zero attached hydrogens (tertiary/aromatic N) is 3. The maximum Gasteiger partial charge on any atom is 0.145 e. The lowest BCUT2D eigenvalue weighted by molar-refractivity contribution is 0.0294. The van der Waals surface area contributed by atoms with Gasteiger partial charge in [-0.1, -0.05) is 30.3 Å². The molecule has 154 valence electrons. The lowest BCUT2D eigenvalue weighted by Gasteiger charge is -2.34. The van der Waals surface area contributed by atoms with E-state index in [1.165, 1.54) is 0 Å². The first-order valence-corrected chi connectivity index (χ1v) is 10.2. The number of aromatic nitrogens is 1. The molecule has 0 bridgehead atoms. The molecule has 2 heterocycles. The van der Waals surface area contributed by atoms with E-state index < -0.39 is 6.17 Å². The first-order chi connectivity index (χ1) is 13.9. The Bertz CT molecular complexity index is 899. The normalized spacial score (nSPS) is 25.3. The second-order valence-electron chi connectivity index (χ2n) is 8.12. The number of hydrogen-bond acceptors (Lipinski definition) is 4. The summed E-state index contributed by atoms with van der Waals surface area (Å²) < 4.78 is 28.0. The van der Waals surface area contributed by atoms with Gasteiger partial charge in [0, 0.05) is 24.8 Å². The third kappa shape index (κ3) is 4.05. The average Bonchev–Trinajstić information content (AvgIpc) is 3.22. The fourth-order valence-electron chi connectivity index (χ4n) is 4.40. The summed E-state index contributed by atoms with van der Waals surface area (Å²) in [5.41, 5.74) is 4.36. The summed E-state index contributed by atoms with van der Waals surface area (Å²) in [4.78, 5) is 4.24. The zero-order valence-corrected chi connectivity index (χ0v) is 17.2. The van der Waals surface area contributed by atoms with E-state index in [-0.39, 0.29) is 18.0 Å². The molecule has 1 N–H and O–H groups in total. The van der Waals surface area contributed by atoms with Crippen molar-refractivity contribution in [2.45, 2.75) is 58.0 Å². The Kier molecular flexibility index (Phi) is 5.65. The molecule has 2 aromatic rings. The Morgan fingerprint density at radius 2 is 1.93 bits per heavy atom. The summed E-state index contributed by atoms with van der Waals surface area (Å²) in [6.45, 7) is 4.39. The Morgan fingerprint density at radius 3 is 2.59 bits per heavy atom. The molecule has 1 aromatic carbocycles. The van der Waals surface area contributed by atoms with E-state index in [4.69, 9.17) is 0 Å². The molecule has 6 heteroatoms. The van der Waals surface area contributed by atoms with E-state index >= 15 is 0 Å². The van der Waals surface area contributed by atoms with Crippen LogP contribution in [-0.4, -0.2) is 40.4 Å². The van der Waals surface area contributed by atoms with E-state index in [0.29, 0.717) is 25.1 Å². The second kappa shape index (κ2) is 8.20. The maximum atomic E-state index is 14.3. The van der Waals surface area contributed by atoms with Gasteiger partial charge in [0.1, 0.15) is 18.2 Å². The molecule has 0 spiro atoms. The third-order valence-electron chi connectivity index (χ3n) is 6.03. The van der Waals surface area contributed by atoms with Crippen molar-refractivity contribution in [2.75, 3.05) is 7.05 Å². The number of likely N-dealkylation sites (N-methyl/N-ethyl adjacent to an activating group) is 1. The van der Waals surface area contributed by atoms with Crippen LogP contribution in [0.1, 0.15) is 43.0 Å². The van der Waals surface area contributed by atoms with Gasteiger partial charge in [-0.25, -0.2) is 13.8 Å². The highest BCUT2D eigenvalue weighted by molar-refractivity contribution is 5.69. The molecule has 0 amide bonds. The number of hydrogen-bond donors (Lipinski definition) is 1. The minimum absolute atomic E-state index is 0.0617. The summed E-state index contributed by atoms with van der Waals surface area (Å²) in [6.07, 6.45) is 2.95. The van der Waals surface area contributed by atoms with E-state index in [2.05, 4.69) is 39.4 Å². The van der Waals surface area contributed by atoms with Crippen molar-refractivity contribution in [3.63, 3.8) is 0 Å². The van der Waals surface area contributed by atoms with Gasteiger partial charge < -0.3 is 0 Å². The molecule has 1 aliphatic carbocycles. The van der Waals surface area contributed by atoms with Crippen LogP contribution in [0.2, 0.25) is 0 Å². The number of alkyl halides is 1. The highest BCUT2D eigenvalue weighted by atomic mass is 19.1. The summed E-state index contributed by atoms with van der Waals surface area (Å²) >= 11 is 0. The number of rotatable bonds is 5. The van der Waals surface area contributed by atoms with Crippen molar-refractivity contribution >= 4 is 5.70 Å². The van der Waals surface area contributed by atoms with Gasteiger partial charge in [-0.3, -0.25) is 15.3 Å². The molecular formula is C23H28F2N4. The van der Waals surface area contributed by atoms with Crippen LogP contribution in [-0.2, 0) is 6.54 Å². The molecule has 1 aliphatic heterocycles. The van der Waals surface area contributed by atoms with Crippen LogP contribution < -0.4 is 5.32 Å². The van der Waals surface area contributed by atoms with E-state index in [0.717, 1.165) is 28.8 Å². The summed E-state index contributed by atoms with van der Waals surface area (Å²) in [5, 5.41) is 7.92. The third-order valence-corrected chi connectivity index (χ3v) is 6.03. The molecule has 3 atom stereocenters. The van der Waals surface area contributed by atoms with Crippen molar-refractivity contribution in [1.29, 1.82) is 0 Å². The maximum absolute atomic E-state index is 14.3. The fraction of sp³-hybridized carbons (Fsp3) is 0.435. The van der Waals surface area contributed by atoms with Gasteiger partial charge >= 0.3 is 0 Å². The minimum atomic E-state index is -0.723. The smallest absolute Gasteiger partial charge is 0.145 e. The molecule has 1 unspecified atom stereocenters. The van der Waals surface area contributed by atoms with Crippen LogP contribution in [0.25, 0.3) is 5.70 Å². The number of pyridine rings is 1. The van der Waals surface area contributed by atoms with Crippen LogP contribution in [0.4, 0.5) is 8.78 Å². The first kappa shape index (κ1) is 20.0. The summed E-state index contributed by atoms with van der Waals surface area (Å²) in [7, 11) is 2.02. The van der Waals surface area contributed by atoms with E-state index in [9.17, 15) is 8.78 Å². The van der Waals surface area contributed by atoms with Crippen LogP contribution in [0.15, 0.2) is 48.2 Å². The standard InChI is InChI=1S/C23H28F2N4/c1-15-22(18-11-21(25)16(2)26-13-18)29(14-17-7-5-4-6-8-17)28(3)23(15)27-20-10-9-19(24)12-20/h4-8,11,13,19-20,23,27H,9-10,12,14H2,1-3H3/t19-,20+,23?/m1/s1. The van der Waals surface area contributed by atoms with Gasteiger partial charge in [-0.05, 0) is 50.3 Å². The summed E-state index contributed by atoms with van der Waals surface area (Å²) in [5.74, 6) is -0.308. The number of hydrazine groups is 1. The highest BCUT2D eigenvalue weighted by Gasteiger charge is 2.37. The van der Waals surface area contributed by atoms with Crippen LogP contribution in [0.5, 0.6) is 0 Å². The number of benzene rings is 1. The zero-order chi connectivity index (χ0) is 20.5. The lowest BCUT2D eigenvalue weighted by Crippen LogP contribution is -2.49. The molecule has 4 nitrogen and oxygen atoms in total. The number of aryl methyl sites for hydroxylation is 1. The SMILES string of the molecule is CC1=C(c2cnc(C)c(F)c2)N(Cc2ccccc2)N(C)C1N[C@H]1CC[C@@H](F)C1. The van der Waals surface area contributed by atoms with Gasteiger partial charge in [0.25, 0.3) is 0 Å². The van der Waals surface area contributed by atoms with Crippen molar-refractivity contribution in [3.05, 3.63) is 70.8 Å². The molecule has 4 rings (SSSR count). The summed E-state index contributed by atoms with van der Waals surface area (Å²) in [6, 6.07) is 11.9.